The van der Waals surface area contributed by atoms with Gasteiger partial charge in [-0.3, -0.25) is 4.79 Å². The highest BCUT2D eigenvalue weighted by molar-refractivity contribution is 5.76. The van der Waals surface area contributed by atoms with Crippen LogP contribution in [0.3, 0.4) is 0 Å². The van der Waals surface area contributed by atoms with E-state index in [4.69, 9.17) is 4.74 Å². The third kappa shape index (κ3) is 5.21. The van der Waals surface area contributed by atoms with E-state index in [1.807, 2.05) is 31.2 Å². The predicted octanol–water partition coefficient (Wildman–Crippen LogP) is 2.02. The summed E-state index contributed by atoms with van der Waals surface area (Å²) in [6.45, 7) is 4.39. The lowest BCUT2D eigenvalue weighted by Gasteiger charge is -2.16. The summed E-state index contributed by atoms with van der Waals surface area (Å²) in [6.07, 6.45) is 3.85. The smallest absolute Gasteiger partial charge is 0.223 e. The predicted molar refractivity (Wildman–Crippen MR) is 79.9 cm³/mol. The number of carbonyl (C=O) groups excluding carboxylic acids is 1. The van der Waals surface area contributed by atoms with Crippen molar-refractivity contribution in [2.24, 2.45) is 0 Å². The maximum Gasteiger partial charge on any atom is 0.223 e. The van der Waals surface area contributed by atoms with Gasteiger partial charge in [0.2, 0.25) is 5.91 Å². The highest BCUT2D eigenvalue weighted by Crippen LogP contribution is 2.12. The van der Waals surface area contributed by atoms with Gasteiger partial charge in [0, 0.05) is 12.6 Å². The first-order valence-electron chi connectivity index (χ1n) is 7.43. The Morgan fingerprint density at radius 1 is 1.45 bits per heavy atom. The van der Waals surface area contributed by atoms with E-state index in [1.165, 1.54) is 12.8 Å². The average Bonchev–Trinajstić information content (AvgIpc) is 2.67. The molecule has 2 rings (SSSR count). The van der Waals surface area contributed by atoms with Crippen molar-refractivity contribution in [3.63, 3.8) is 0 Å². The topological polar surface area (TPSA) is 50.4 Å². The second-order valence-corrected chi connectivity index (χ2v) is 5.38. The molecule has 0 bridgehead atoms. The Kier molecular flexibility index (Phi) is 5.87. The number of hydrogen-bond acceptors (Lipinski definition) is 3. The molecule has 0 aliphatic carbocycles. The highest BCUT2D eigenvalue weighted by atomic mass is 16.5. The molecule has 1 amide bonds. The summed E-state index contributed by atoms with van der Waals surface area (Å²) in [4.78, 5) is 11.9. The largest absolute Gasteiger partial charge is 0.493 e. The average molecular weight is 276 g/mol. The van der Waals surface area contributed by atoms with E-state index >= 15 is 0 Å². The Bertz CT molecular complexity index is 426. The van der Waals surface area contributed by atoms with Crippen LogP contribution in [0, 0.1) is 6.92 Å². The Morgan fingerprint density at radius 3 is 3.20 bits per heavy atom. The van der Waals surface area contributed by atoms with Gasteiger partial charge in [0.1, 0.15) is 5.75 Å². The molecule has 0 saturated carbocycles. The minimum absolute atomic E-state index is 0.0753. The van der Waals surface area contributed by atoms with Gasteiger partial charge in [0.25, 0.3) is 0 Å². The van der Waals surface area contributed by atoms with E-state index < -0.39 is 0 Å². The van der Waals surface area contributed by atoms with Crippen molar-refractivity contribution < 1.29 is 9.53 Å². The molecule has 4 heteroatoms. The number of carbonyl (C=O) groups is 1. The van der Waals surface area contributed by atoms with Crippen LogP contribution in [0.15, 0.2) is 24.3 Å². The fourth-order valence-electron chi connectivity index (χ4n) is 2.41. The van der Waals surface area contributed by atoms with Crippen molar-refractivity contribution in [3.8, 4) is 5.75 Å². The van der Waals surface area contributed by atoms with Crippen molar-refractivity contribution in [3.05, 3.63) is 29.8 Å². The van der Waals surface area contributed by atoms with E-state index in [0.29, 0.717) is 13.0 Å². The second kappa shape index (κ2) is 7.90. The van der Waals surface area contributed by atoms with Crippen LogP contribution in [0.5, 0.6) is 5.75 Å². The Hall–Kier alpha value is -1.55. The van der Waals surface area contributed by atoms with E-state index in [0.717, 1.165) is 30.8 Å². The quantitative estimate of drug-likeness (QED) is 0.865. The SMILES string of the molecule is Cc1cccc(OCCC(=O)NC2CCCCNC2)c1. The van der Waals surface area contributed by atoms with Crippen LogP contribution in [0.25, 0.3) is 0 Å². The molecule has 1 saturated heterocycles. The van der Waals surface area contributed by atoms with Crippen LogP contribution in [-0.2, 0) is 4.79 Å². The molecule has 1 aliphatic rings. The number of ether oxygens (including phenoxy) is 1. The number of aryl methyl sites for hydroxylation is 1. The van der Waals surface area contributed by atoms with Gasteiger partial charge in [-0.2, -0.15) is 0 Å². The lowest BCUT2D eigenvalue weighted by molar-refractivity contribution is -0.122. The van der Waals surface area contributed by atoms with Crippen LogP contribution < -0.4 is 15.4 Å². The molecule has 2 N–H and O–H groups in total. The lowest BCUT2D eigenvalue weighted by atomic mass is 10.1. The molecule has 1 fully saturated rings. The third-order valence-electron chi connectivity index (χ3n) is 3.50. The van der Waals surface area contributed by atoms with Crippen LogP contribution in [-0.4, -0.2) is 31.6 Å². The van der Waals surface area contributed by atoms with E-state index in [2.05, 4.69) is 10.6 Å². The van der Waals surface area contributed by atoms with Gasteiger partial charge in [-0.15, -0.1) is 0 Å². The molecule has 20 heavy (non-hydrogen) atoms. The molecule has 1 unspecified atom stereocenters. The van der Waals surface area contributed by atoms with Gasteiger partial charge in [-0.05, 0) is 44.0 Å². The summed E-state index contributed by atoms with van der Waals surface area (Å²) in [6, 6.07) is 8.15. The van der Waals surface area contributed by atoms with Crippen LogP contribution >= 0.6 is 0 Å². The summed E-state index contributed by atoms with van der Waals surface area (Å²) in [5.74, 6) is 0.903. The monoisotopic (exact) mass is 276 g/mol. The molecular formula is C16H24N2O2. The van der Waals surface area contributed by atoms with Crippen molar-refractivity contribution in [1.82, 2.24) is 10.6 Å². The molecule has 1 atom stereocenters. The Balaban J connectivity index is 1.67. The van der Waals surface area contributed by atoms with Gasteiger partial charge in [0.15, 0.2) is 0 Å². The molecule has 0 aromatic heterocycles. The second-order valence-electron chi connectivity index (χ2n) is 5.38. The third-order valence-corrected chi connectivity index (χ3v) is 3.50. The van der Waals surface area contributed by atoms with Crippen LogP contribution in [0.1, 0.15) is 31.2 Å². The number of nitrogens with one attached hydrogen (secondary N) is 2. The van der Waals surface area contributed by atoms with Gasteiger partial charge < -0.3 is 15.4 Å². The van der Waals surface area contributed by atoms with Crippen molar-refractivity contribution >= 4 is 5.91 Å². The van der Waals surface area contributed by atoms with E-state index in [9.17, 15) is 4.79 Å². The van der Waals surface area contributed by atoms with Gasteiger partial charge in [-0.1, -0.05) is 18.6 Å². The van der Waals surface area contributed by atoms with E-state index in [1.54, 1.807) is 0 Å². The zero-order valence-electron chi connectivity index (χ0n) is 12.2. The number of hydrogen-bond donors (Lipinski definition) is 2. The molecular weight excluding hydrogens is 252 g/mol. The maximum atomic E-state index is 11.9. The van der Waals surface area contributed by atoms with E-state index in [-0.39, 0.29) is 11.9 Å². The highest BCUT2D eigenvalue weighted by Gasteiger charge is 2.14. The minimum atomic E-state index is 0.0753. The molecule has 1 aromatic carbocycles. The lowest BCUT2D eigenvalue weighted by Crippen LogP contribution is -2.41. The number of rotatable bonds is 5. The minimum Gasteiger partial charge on any atom is -0.493 e. The van der Waals surface area contributed by atoms with Gasteiger partial charge in [0.05, 0.1) is 13.0 Å². The molecule has 1 aliphatic heterocycles. The van der Waals surface area contributed by atoms with Crippen molar-refractivity contribution in [2.45, 2.75) is 38.6 Å². The number of benzene rings is 1. The molecule has 4 nitrogen and oxygen atoms in total. The number of amides is 1. The summed E-state index contributed by atoms with van der Waals surface area (Å²) in [5, 5.41) is 6.42. The normalized spacial score (nSPS) is 19.1. The fraction of sp³-hybridized carbons (Fsp3) is 0.562. The Morgan fingerprint density at radius 2 is 2.35 bits per heavy atom. The molecule has 0 radical (unpaired) electrons. The molecule has 1 heterocycles. The molecule has 110 valence electrons. The summed E-state index contributed by atoms with van der Waals surface area (Å²) >= 11 is 0. The van der Waals surface area contributed by atoms with Crippen molar-refractivity contribution in [1.29, 1.82) is 0 Å². The summed E-state index contributed by atoms with van der Waals surface area (Å²) in [7, 11) is 0. The standard InChI is InChI=1S/C16H24N2O2/c1-13-5-4-7-15(11-13)20-10-8-16(19)18-14-6-2-3-9-17-12-14/h4-5,7,11,14,17H,2-3,6,8-10,12H2,1H3,(H,18,19). The maximum absolute atomic E-state index is 11.9. The zero-order chi connectivity index (χ0) is 14.2. The fourth-order valence-corrected chi connectivity index (χ4v) is 2.41. The van der Waals surface area contributed by atoms with Crippen molar-refractivity contribution in [2.75, 3.05) is 19.7 Å². The zero-order valence-corrected chi connectivity index (χ0v) is 12.2. The first-order chi connectivity index (χ1) is 9.74. The van der Waals surface area contributed by atoms with Gasteiger partial charge in [-0.25, -0.2) is 0 Å². The van der Waals surface area contributed by atoms with Crippen LogP contribution in [0.2, 0.25) is 0 Å². The molecule has 0 spiro atoms. The van der Waals surface area contributed by atoms with Crippen LogP contribution in [0.4, 0.5) is 0 Å². The molecule has 1 aromatic rings. The summed E-state index contributed by atoms with van der Waals surface area (Å²) in [5.41, 5.74) is 1.16. The first kappa shape index (κ1) is 14.9. The van der Waals surface area contributed by atoms with Gasteiger partial charge >= 0.3 is 0 Å². The first-order valence-corrected chi connectivity index (χ1v) is 7.43. The Labute approximate surface area is 120 Å². The summed E-state index contributed by atoms with van der Waals surface area (Å²) < 4.78 is 5.59.